The first-order valence-corrected chi connectivity index (χ1v) is 8.06. The lowest BCUT2D eigenvalue weighted by Gasteiger charge is -2.07. The van der Waals surface area contributed by atoms with Crippen molar-refractivity contribution in [3.8, 4) is 5.75 Å². The summed E-state index contributed by atoms with van der Waals surface area (Å²) in [5.74, 6) is -0.756. The van der Waals surface area contributed by atoms with Crippen LogP contribution in [0, 0.1) is 6.92 Å². The average Bonchev–Trinajstić information content (AvgIpc) is 2.93. The first-order chi connectivity index (χ1) is 12.0. The topological polar surface area (TPSA) is 65.7 Å². The highest BCUT2D eigenvalue weighted by atomic mass is 35.5. The molecule has 5 nitrogen and oxygen atoms in total. The van der Waals surface area contributed by atoms with Crippen LogP contribution in [0.1, 0.15) is 33.4 Å². The van der Waals surface area contributed by atoms with Crippen molar-refractivity contribution in [3.05, 3.63) is 64.4 Å². The van der Waals surface area contributed by atoms with Crippen LogP contribution in [0.4, 0.5) is 0 Å². The monoisotopic (exact) mass is 358 g/mol. The molecule has 128 valence electrons. The SMILES string of the molecule is CCOC(=O)c1oc2cccc(OC(=O)c3ccccc3Cl)c2c1C. The molecule has 0 fully saturated rings. The second-order valence-electron chi connectivity index (χ2n) is 5.28. The predicted molar refractivity (Wildman–Crippen MR) is 93.3 cm³/mol. The summed E-state index contributed by atoms with van der Waals surface area (Å²) in [5.41, 5.74) is 1.24. The van der Waals surface area contributed by atoms with Gasteiger partial charge in [0.1, 0.15) is 11.3 Å². The molecule has 0 bridgehead atoms. The molecule has 0 aliphatic heterocycles. The summed E-state index contributed by atoms with van der Waals surface area (Å²) in [5, 5.41) is 0.849. The van der Waals surface area contributed by atoms with Crippen LogP contribution in [-0.4, -0.2) is 18.5 Å². The third-order valence-corrected chi connectivity index (χ3v) is 4.00. The zero-order chi connectivity index (χ0) is 18.0. The van der Waals surface area contributed by atoms with E-state index in [1.807, 2.05) is 0 Å². The van der Waals surface area contributed by atoms with Gasteiger partial charge in [-0.2, -0.15) is 0 Å². The zero-order valence-corrected chi connectivity index (χ0v) is 14.4. The lowest BCUT2D eigenvalue weighted by atomic mass is 10.1. The molecule has 1 aromatic heterocycles. The maximum absolute atomic E-state index is 12.4. The van der Waals surface area contributed by atoms with E-state index in [-0.39, 0.29) is 17.9 Å². The fourth-order valence-electron chi connectivity index (χ4n) is 2.52. The number of halogens is 1. The van der Waals surface area contributed by atoms with E-state index in [2.05, 4.69) is 0 Å². The molecule has 0 aliphatic rings. The fourth-order valence-corrected chi connectivity index (χ4v) is 2.74. The van der Waals surface area contributed by atoms with Crippen LogP contribution in [0.3, 0.4) is 0 Å². The van der Waals surface area contributed by atoms with Gasteiger partial charge in [-0.1, -0.05) is 29.8 Å². The van der Waals surface area contributed by atoms with E-state index in [4.69, 9.17) is 25.5 Å². The molecule has 0 saturated heterocycles. The molecule has 0 radical (unpaired) electrons. The van der Waals surface area contributed by atoms with Crippen LogP contribution in [0.5, 0.6) is 5.75 Å². The summed E-state index contributed by atoms with van der Waals surface area (Å²) in [6.45, 7) is 3.67. The summed E-state index contributed by atoms with van der Waals surface area (Å²) >= 11 is 6.03. The number of hydrogen-bond acceptors (Lipinski definition) is 5. The van der Waals surface area contributed by atoms with Gasteiger partial charge in [0.15, 0.2) is 0 Å². The number of hydrogen-bond donors (Lipinski definition) is 0. The second kappa shape index (κ2) is 6.99. The van der Waals surface area contributed by atoms with Gasteiger partial charge in [0.25, 0.3) is 0 Å². The number of fused-ring (bicyclic) bond motifs is 1. The number of esters is 2. The Balaban J connectivity index is 2.01. The number of benzene rings is 2. The van der Waals surface area contributed by atoms with E-state index in [0.29, 0.717) is 27.3 Å². The molecule has 0 spiro atoms. The number of aryl methyl sites for hydroxylation is 1. The Labute approximate surface area is 149 Å². The number of carbonyl (C=O) groups excluding carboxylic acids is 2. The Bertz CT molecular complexity index is 958. The van der Waals surface area contributed by atoms with Gasteiger partial charge in [-0.15, -0.1) is 0 Å². The first-order valence-electron chi connectivity index (χ1n) is 7.69. The highest BCUT2D eigenvalue weighted by Gasteiger charge is 2.22. The fraction of sp³-hybridized carbons (Fsp3) is 0.158. The Morgan fingerprint density at radius 3 is 2.56 bits per heavy atom. The number of ether oxygens (including phenoxy) is 2. The molecule has 0 atom stereocenters. The molecule has 1 heterocycles. The molecule has 0 N–H and O–H groups in total. The average molecular weight is 359 g/mol. The summed E-state index contributed by atoms with van der Waals surface area (Å²) in [6, 6.07) is 11.6. The van der Waals surface area contributed by atoms with Gasteiger partial charge in [-0.25, -0.2) is 9.59 Å². The van der Waals surface area contributed by atoms with Crippen LogP contribution < -0.4 is 4.74 Å². The van der Waals surface area contributed by atoms with Crippen LogP contribution in [0.25, 0.3) is 11.0 Å². The maximum atomic E-state index is 12.4. The number of furan rings is 1. The summed E-state index contributed by atoms with van der Waals surface area (Å²) in [4.78, 5) is 24.4. The van der Waals surface area contributed by atoms with E-state index in [1.165, 1.54) is 0 Å². The predicted octanol–water partition coefficient (Wildman–Crippen LogP) is 4.79. The normalized spacial score (nSPS) is 10.7. The van der Waals surface area contributed by atoms with Crippen molar-refractivity contribution in [2.75, 3.05) is 6.61 Å². The molecular weight excluding hydrogens is 344 g/mol. The maximum Gasteiger partial charge on any atom is 0.374 e. The van der Waals surface area contributed by atoms with Crippen molar-refractivity contribution in [1.82, 2.24) is 0 Å². The molecule has 25 heavy (non-hydrogen) atoms. The van der Waals surface area contributed by atoms with Gasteiger partial charge in [0, 0.05) is 5.56 Å². The van der Waals surface area contributed by atoms with Crippen molar-refractivity contribution in [3.63, 3.8) is 0 Å². The van der Waals surface area contributed by atoms with Crippen molar-refractivity contribution in [2.45, 2.75) is 13.8 Å². The Morgan fingerprint density at radius 2 is 1.84 bits per heavy atom. The van der Waals surface area contributed by atoms with Crippen LogP contribution in [0.15, 0.2) is 46.9 Å². The lowest BCUT2D eigenvalue weighted by molar-refractivity contribution is 0.0491. The first kappa shape index (κ1) is 17.0. The largest absolute Gasteiger partial charge is 0.460 e. The molecule has 0 amide bonds. The van der Waals surface area contributed by atoms with Crippen molar-refractivity contribution in [1.29, 1.82) is 0 Å². The minimum atomic E-state index is -0.587. The van der Waals surface area contributed by atoms with E-state index >= 15 is 0 Å². The van der Waals surface area contributed by atoms with Gasteiger partial charge in [-0.05, 0) is 38.1 Å². The summed E-state index contributed by atoms with van der Waals surface area (Å²) in [7, 11) is 0. The molecule has 6 heteroatoms. The second-order valence-corrected chi connectivity index (χ2v) is 5.68. The molecule has 3 aromatic rings. The Hall–Kier alpha value is -2.79. The Kier molecular flexibility index (Phi) is 4.76. The molecule has 0 unspecified atom stereocenters. The highest BCUT2D eigenvalue weighted by molar-refractivity contribution is 6.33. The molecule has 0 aliphatic carbocycles. The van der Waals surface area contributed by atoms with Gasteiger partial charge >= 0.3 is 11.9 Å². The highest BCUT2D eigenvalue weighted by Crippen LogP contribution is 2.34. The number of carbonyl (C=O) groups is 2. The smallest absolute Gasteiger partial charge is 0.374 e. The van der Waals surface area contributed by atoms with E-state index in [1.54, 1.807) is 56.3 Å². The van der Waals surface area contributed by atoms with Crippen molar-refractivity contribution < 1.29 is 23.5 Å². The zero-order valence-electron chi connectivity index (χ0n) is 13.7. The van der Waals surface area contributed by atoms with E-state index < -0.39 is 11.9 Å². The minimum Gasteiger partial charge on any atom is -0.460 e. The van der Waals surface area contributed by atoms with Gasteiger partial charge in [0.05, 0.1) is 22.6 Å². The van der Waals surface area contributed by atoms with Gasteiger partial charge in [-0.3, -0.25) is 0 Å². The quantitative estimate of drug-likeness (QED) is 0.495. The van der Waals surface area contributed by atoms with Crippen LogP contribution >= 0.6 is 11.6 Å². The molecule has 0 saturated carbocycles. The van der Waals surface area contributed by atoms with E-state index in [9.17, 15) is 9.59 Å². The van der Waals surface area contributed by atoms with Crippen molar-refractivity contribution in [2.24, 2.45) is 0 Å². The van der Waals surface area contributed by atoms with Crippen LogP contribution in [0.2, 0.25) is 5.02 Å². The van der Waals surface area contributed by atoms with Gasteiger partial charge in [0.2, 0.25) is 5.76 Å². The summed E-state index contributed by atoms with van der Waals surface area (Å²) < 4.78 is 16.1. The third-order valence-electron chi connectivity index (χ3n) is 3.67. The summed E-state index contributed by atoms with van der Waals surface area (Å²) in [6.07, 6.45) is 0. The number of rotatable bonds is 4. The van der Waals surface area contributed by atoms with Crippen molar-refractivity contribution >= 4 is 34.5 Å². The molecular formula is C19H15ClO5. The van der Waals surface area contributed by atoms with E-state index in [0.717, 1.165) is 0 Å². The standard InChI is InChI=1S/C19H15ClO5/c1-3-23-19(22)17-11(2)16-14(24-17)9-6-10-15(16)25-18(21)12-7-4-5-8-13(12)20/h4-10H,3H2,1-2H3. The molecule has 2 aromatic carbocycles. The minimum absolute atomic E-state index is 0.0955. The lowest BCUT2D eigenvalue weighted by Crippen LogP contribution is -2.09. The Morgan fingerprint density at radius 1 is 1.08 bits per heavy atom. The van der Waals surface area contributed by atoms with Crippen LogP contribution in [-0.2, 0) is 4.74 Å². The van der Waals surface area contributed by atoms with Gasteiger partial charge < -0.3 is 13.9 Å². The third kappa shape index (κ3) is 3.23. The molecule has 3 rings (SSSR count).